The van der Waals surface area contributed by atoms with Crippen LogP contribution < -0.4 is 0 Å². The Bertz CT molecular complexity index is 172. The molecular weight excluding hydrogens is 186 g/mol. The molecule has 0 saturated carbocycles. The molecule has 1 aliphatic rings. The molecule has 0 aliphatic carbocycles. The SMILES string of the molecule is CCCCCC(Cl)N1CCCC1=O. The molecule has 0 bridgehead atoms. The van der Waals surface area contributed by atoms with Crippen LogP contribution in [-0.4, -0.2) is 22.9 Å². The van der Waals surface area contributed by atoms with Gasteiger partial charge in [-0.25, -0.2) is 0 Å². The number of halogens is 1. The lowest BCUT2D eigenvalue weighted by Crippen LogP contribution is -2.32. The summed E-state index contributed by atoms with van der Waals surface area (Å²) < 4.78 is 0. The largest absolute Gasteiger partial charge is 0.326 e. The van der Waals surface area contributed by atoms with E-state index in [0.717, 1.165) is 25.8 Å². The second-order valence-electron chi connectivity index (χ2n) is 3.62. The van der Waals surface area contributed by atoms with E-state index >= 15 is 0 Å². The number of alkyl halides is 1. The predicted octanol–water partition coefficient (Wildman–Crippen LogP) is 2.75. The van der Waals surface area contributed by atoms with Gasteiger partial charge >= 0.3 is 0 Å². The van der Waals surface area contributed by atoms with E-state index in [1.54, 1.807) is 0 Å². The summed E-state index contributed by atoms with van der Waals surface area (Å²) >= 11 is 6.12. The van der Waals surface area contributed by atoms with Gasteiger partial charge in [-0.1, -0.05) is 37.8 Å². The zero-order chi connectivity index (χ0) is 9.68. The lowest BCUT2D eigenvalue weighted by Gasteiger charge is -2.21. The van der Waals surface area contributed by atoms with Crippen molar-refractivity contribution in [3.8, 4) is 0 Å². The molecule has 0 aromatic carbocycles. The maximum Gasteiger partial charge on any atom is 0.223 e. The first kappa shape index (κ1) is 10.8. The van der Waals surface area contributed by atoms with E-state index in [4.69, 9.17) is 11.6 Å². The number of likely N-dealkylation sites (tertiary alicyclic amines) is 1. The van der Waals surface area contributed by atoms with Crippen LogP contribution in [0.15, 0.2) is 0 Å². The number of hydrogen-bond acceptors (Lipinski definition) is 1. The lowest BCUT2D eigenvalue weighted by atomic mass is 10.2. The summed E-state index contributed by atoms with van der Waals surface area (Å²) in [4.78, 5) is 13.1. The van der Waals surface area contributed by atoms with Crippen LogP contribution in [0.5, 0.6) is 0 Å². The molecule has 1 saturated heterocycles. The lowest BCUT2D eigenvalue weighted by molar-refractivity contribution is -0.128. The Morgan fingerprint density at radius 3 is 2.85 bits per heavy atom. The van der Waals surface area contributed by atoms with Gasteiger partial charge in [-0.3, -0.25) is 4.79 Å². The summed E-state index contributed by atoms with van der Waals surface area (Å²) in [6.07, 6.45) is 6.17. The van der Waals surface area contributed by atoms with Crippen LogP contribution >= 0.6 is 11.6 Å². The van der Waals surface area contributed by atoms with Crippen molar-refractivity contribution >= 4 is 17.5 Å². The highest BCUT2D eigenvalue weighted by Crippen LogP contribution is 2.20. The third-order valence-corrected chi connectivity index (χ3v) is 2.95. The quantitative estimate of drug-likeness (QED) is 0.382. The average molecular weight is 204 g/mol. The Hall–Kier alpha value is -0.240. The second kappa shape index (κ2) is 5.48. The monoisotopic (exact) mass is 203 g/mol. The van der Waals surface area contributed by atoms with E-state index < -0.39 is 0 Å². The van der Waals surface area contributed by atoms with Crippen LogP contribution in [0, 0.1) is 0 Å². The normalized spacial score (nSPS) is 19.5. The van der Waals surface area contributed by atoms with Gasteiger partial charge < -0.3 is 4.90 Å². The molecule has 0 N–H and O–H groups in total. The van der Waals surface area contributed by atoms with Gasteiger partial charge in [0.15, 0.2) is 0 Å². The molecule has 1 aliphatic heterocycles. The summed E-state index contributed by atoms with van der Waals surface area (Å²) in [5.74, 6) is 0.233. The zero-order valence-corrected chi connectivity index (χ0v) is 9.02. The number of rotatable bonds is 5. The first-order valence-corrected chi connectivity index (χ1v) is 5.63. The topological polar surface area (TPSA) is 20.3 Å². The second-order valence-corrected chi connectivity index (χ2v) is 4.12. The van der Waals surface area contributed by atoms with E-state index in [-0.39, 0.29) is 11.4 Å². The molecule has 2 nitrogen and oxygen atoms in total. The molecule has 0 aromatic heterocycles. The van der Waals surface area contributed by atoms with Gasteiger partial charge in [-0.05, 0) is 12.8 Å². The van der Waals surface area contributed by atoms with Crippen LogP contribution in [-0.2, 0) is 4.79 Å². The minimum absolute atomic E-state index is 0.0541. The van der Waals surface area contributed by atoms with Gasteiger partial charge in [0.1, 0.15) is 5.50 Å². The van der Waals surface area contributed by atoms with Crippen molar-refractivity contribution in [2.24, 2.45) is 0 Å². The van der Waals surface area contributed by atoms with Crippen molar-refractivity contribution in [2.45, 2.75) is 50.9 Å². The molecule has 1 fully saturated rings. The number of carbonyl (C=O) groups excluding carboxylic acids is 1. The zero-order valence-electron chi connectivity index (χ0n) is 8.26. The first-order valence-electron chi connectivity index (χ1n) is 5.19. The average Bonchev–Trinajstić information content (AvgIpc) is 2.52. The molecule has 1 atom stereocenters. The fourth-order valence-electron chi connectivity index (χ4n) is 1.68. The van der Waals surface area contributed by atoms with Crippen molar-refractivity contribution in [3.05, 3.63) is 0 Å². The van der Waals surface area contributed by atoms with Crippen molar-refractivity contribution in [3.63, 3.8) is 0 Å². The van der Waals surface area contributed by atoms with Crippen molar-refractivity contribution in [2.75, 3.05) is 6.54 Å². The summed E-state index contributed by atoms with van der Waals surface area (Å²) in [5.41, 5.74) is -0.0541. The summed E-state index contributed by atoms with van der Waals surface area (Å²) in [6, 6.07) is 0. The van der Waals surface area contributed by atoms with E-state index in [1.165, 1.54) is 12.8 Å². The fourth-order valence-corrected chi connectivity index (χ4v) is 2.04. The Morgan fingerprint density at radius 2 is 2.31 bits per heavy atom. The first-order chi connectivity index (χ1) is 6.25. The standard InChI is InChI=1S/C10H18ClNO/c1-2-3-4-6-9(11)12-8-5-7-10(12)13/h9H,2-8H2,1H3. The molecule has 76 valence electrons. The van der Waals surface area contributed by atoms with E-state index in [1.807, 2.05) is 4.90 Å². The van der Waals surface area contributed by atoms with Crippen LogP contribution in [0.2, 0.25) is 0 Å². The van der Waals surface area contributed by atoms with E-state index in [0.29, 0.717) is 6.42 Å². The van der Waals surface area contributed by atoms with Gasteiger partial charge in [-0.15, -0.1) is 0 Å². The van der Waals surface area contributed by atoms with E-state index in [2.05, 4.69) is 6.92 Å². The number of hydrogen-bond donors (Lipinski definition) is 0. The highest BCUT2D eigenvalue weighted by atomic mass is 35.5. The highest BCUT2D eigenvalue weighted by molar-refractivity contribution is 6.21. The molecule has 13 heavy (non-hydrogen) atoms. The molecule has 1 rings (SSSR count). The van der Waals surface area contributed by atoms with Gasteiger partial charge in [-0.2, -0.15) is 0 Å². The Labute approximate surface area is 85.2 Å². The van der Waals surface area contributed by atoms with Crippen molar-refractivity contribution in [1.82, 2.24) is 4.90 Å². The van der Waals surface area contributed by atoms with Crippen LogP contribution in [0.1, 0.15) is 45.4 Å². The van der Waals surface area contributed by atoms with Crippen molar-refractivity contribution in [1.29, 1.82) is 0 Å². The van der Waals surface area contributed by atoms with Crippen LogP contribution in [0.25, 0.3) is 0 Å². The molecule has 3 heteroatoms. The molecule has 1 amide bonds. The summed E-state index contributed by atoms with van der Waals surface area (Å²) in [6.45, 7) is 3.03. The molecule has 1 heterocycles. The highest BCUT2D eigenvalue weighted by Gasteiger charge is 2.25. The van der Waals surface area contributed by atoms with Crippen molar-refractivity contribution < 1.29 is 4.79 Å². The minimum atomic E-state index is -0.0541. The molecular formula is C10H18ClNO. The van der Waals surface area contributed by atoms with Crippen LogP contribution in [0.4, 0.5) is 0 Å². The Kier molecular flexibility index (Phi) is 4.57. The maximum atomic E-state index is 11.3. The van der Waals surface area contributed by atoms with Gasteiger partial charge in [0.05, 0.1) is 0 Å². The number of nitrogens with zero attached hydrogens (tertiary/aromatic N) is 1. The molecule has 1 unspecified atom stereocenters. The Morgan fingerprint density at radius 1 is 1.54 bits per heavy atom. The molecule has 0 aromatic rings. The van der Waals surface area contributed by atoms with Gasteiger partial charge in [0, 0.05) is 13.0 Å². The predicted molar refractivity (Wildman–Crippen MR) is 54.7 cm³/mol. The van der Waals surface area contributed by atoms with Gasteiger partial charge in [0.2, 0.25) is 5.91 Å². The molecule has 0 radical (unpaired) electrons. The Balaban J connectivity index is 2.22. The minimum Gasteiger partial charge on any atom is -0.326 e. The maximum absolute atomic E-state index is 11.3. The third-order valence-electron chi connectivity index (χ3n) is 2.49. The summed E-state index contributed by atoms with van der Waals surface area (Å²) in [7, 11) is 0. The number of unbranched alkanes of at least 4 members (excludes halogenated alkanes) is 2. The van der Waals surface area contributed by atoms with Crippen LogP contribution in [0.3, 0.4) is 0 Å². The smallest absolute Gasteiger partial charge is 0.223 e. The summed E-state index contributed by atoms with van der Waals surface area (Å²) in [5, 5.41) is 0. The fraction of sp³-hybridized carbons (Fsp3) is 0.900. The molecule has 0 spiro atoms. The van der Waals surface area contributed by atoms with E-state index in [9.17, 15) is 4.79 Å². The van der Waals surface area contributed by atoms with Gasteiger partial charge in [0.25, 0.3) is 0 Å². The third kappa shape index (κ3) is 3.18. The number of amides is 1. The number of carbonyl (C=O) groups is 1.